The van der Waals surface area contributed by atoms with E-state index < -0.39 is 0 Å². The van der Waals surface area contributed by atoms with Crippen molar-refractivity contribution in [3.8, 4) is 0 Å². The predicted octanol–water partition coefficient (Wildman–Crippen LogP) is 5.21. The van der Waals surface area contributed by atoms with E-state index in [4.69, 9.17) is 23.2 Å². The number of hydrogen-bond acceptors (Lipinski definition) is 1. The van der Waals surface area contributed by atoms with E-state index in [-0.39, 0.29) is 22.3 Å². The van der Waals surface area contributed by atoms with Crippen LogP contribution in [0, 0.1) is 34.5 Å². The topological polar surface area (TPSA) is 20.2 Å². The minimum Gasteiger partial charge on any atom is -0.393 e. The quantitative estimate of drug-likeness (QED) is 0.597. The second-order valence-electron chi connectivity index (χ2n) is 9.28. The van der Waals surface area contributed by atoms with E-state index in [0.717, 1.165) is 42.9 Å². The van der Waals surface area contributed by atoms with Crippen molar-refractivity contribution < 1.29 is 5.11 Å². The van der Waals surface area contributed by atoms with Crippen LogP contribution < -0.4 is 0 Å². The lowest BCUT2D eigenvalue weighted by Crippen LogP contribution is -2.54. The average molecular weight is 345 g/mol. The van der Waals surface area contributed by atoms with Gasteiger partial charge in [-0.15, -0.1) is 23.2 Å². The molecular weight excluding hydrogens is 315 g/mol. The molecule has 0 saturated heterocycles. The van der Waals surface area contributed by atoms with Gasteiger partial charge in [0.25, 0.3) is 0 Å². The molecule has 4 aliphatic carbocycles. The van der Waals surface area contributed by atoms with E-state index in [9.17, 15) is 5.11 Å². The maximum atomic E-state index is 10.1. The Morgan fingerprint density at radius 3 is 2.36 bits per heavy atom. The molecule has 4 rings (SSSR count). The highest BCUT2D eigenvalue weighted by Crippen LogP contribution is 2.67. The lowest BCUT2D eigenvalue weighted by atomic mass is 9.45. The van der Waals surface area contributed by atoms with Crippen LogP contribution in [0.1, 0.15) is 65.2 Å². The van der Waals surface area contributed by atoms with Crippen molar-refractivity contribution in [3.63, 3.8) is 0 Å². The van der Waals surface area contributed by atoms with Gasteiger partial charge in [0.15, 0.2) is 0 Å². The summed E-state index contributed by atoms with van der Waals surface area (Å²) in [6.07, 6.45) is 9.57. The minimum absolute atomic E-state index is 0.0468. The lowest BCUT2D eigenvalue weighted by molar-refractivity contribution is -0.120. The van der Waals surface area contributed by atoms with Gasteiger partial charge in [-0.05, 0) is 85.9 Å². The summed E-state index contributed by atoms with van der Waals surface area (Å²) in [6.45, 7) is 4.95. The van der Waals surface area contributed by atoms with Gasteiger partial charge >= 0.3 is 0 Å². The van der Waals surface area contributed by atoms with Crippen molar-refractivity contribution in [3.05, 3.63) is 0 Å². The largest absolute Gasteiger partial charge is 0.393 e. The summed E-state index contributed by atoms with van der Waals surface area (Å²) in [7, 11) is 0. The molecule has 5 unspecified atom stereocenters. The second kappa shape index (κ2) is 5.27. The van der Waals surface area contributed by atoms with Crippen LogP contribution in [0.2, 0.25) is 0 Å². The molecule has 1 nitrogen and oxygen atoms in total. The van der Waals surface area contributed by atoms with Crippen molar-refractivity contribution >= 4 is 23.2 Å². The molecule has 4 fully saturated rings. The van der Waals surface area contributed by atoms with Gasteiger partial charge in [-0.1, -0.05) is 13.8 Å². The Morgan fingerprint density at radius 2 is 1.59 bits per heavy atom. The van der Waals surface area contributed by atoms with E-state index in [1.807, 2.05) is 0 Å². The fraction of sp³-hybridized carbons (Fsp3) is 1.00. The van der Waals surface area contributed by atoms with Gasteiger partial charge in [0.1, 0.15) is 0 Å². The first kappa shape index (κ1) is 16.0. The molecule has 0 bridgehead atoms. The van der Waals surface area contributed by atoms with Crippen LogP contribution in [0.5, 0.6) is 0 Å². The molecule has 0 heterocycles. The van der Waals surface area contributed by atoms with Gasteiger partial charge in [-0.3, -0.25) is 0 Å². The Labute approximate surface area is 145 Å². The Hall–Kier alpha value is 0.540. The van der Waals surface area contributed by atoms with Crippen LogP contribution >= 0.6 is 23.2 Å². The molecule has 22 heavy (non-hydrogen) atoms. The molecule has 0 aliphatic heterocycles. The molecule has 0 spiro atoms. The molecule has 1 N–H and O–H groups in total. The van der Waals surface area contributed by atoms with Gasteiger partial charge in [0, 0.05) is 0 Å². The van der Waals surface area contributed by atoms with Crippen molar-refractivity contribution in [1.82, 2.24) is 0 Å². The molecular formula is C19H30Cl2O. The van der Waals surface area contributed by atoms with Gasteiger partial charge in [-0.25, -0.2) is 0 Å². The minimum atomic E-state index is -0.0468. The number of alkyl halides is 2. The van der Waals surface area contributed by atoms with E-state index in [0.29, 0.717) is 5.41 Å². The zero-order valence-electron chi connectivity index (χ0n) is 13.9. The number of halogens is 2. The van der Waals surface area contributed by atoms with Crippen LogP contribution in [-0.2, 0) is 0 Å². The highest BCUT2D eigenvalue weighted by molar-refractivity contribution is 6.30. The Kier molecular flexibility index (Phi) is 3.84. The number of fused-ring (bicyclic) bond motifs is 5. The van der Waals surface area contributed by atoms with Crippen LogP contribution in [0.3, 0.4) is 0 Å². The van der Waals surface area contributed by atoms with Gasteiger partial charge in [-0.2, -0.15) is 0 Å². The number of aliphatic hydroxyl groups is 1. The standard InChI is InChI=1S/C19H30Cl2O/c1-18-7-5-12(22)9-11(18)3-4-13-14(18)6-8-19(2)15(13)10-16(20)17(19)21/h11-17,22H,3-10H2,1-2H3/t11?,12-,13?,14?,15?,16+,17?,18-,19-/m0/s1. The summed E-state index contributed by atoms with van der Waals surface area (Å²) in [5.41, 5.74) is 0.711. The summed E-state index contributed by atoms with van der Waals surface area (Å²) >= 11 is 13.3. The van der Waals surface area contributed by atoms with Crippen LogP contribution in [0.25, 0.3) is 0 Å². The highest BCUT2D eigenvalue weighted by atomic mass is 35.5. The fourth-order valence-electron chi connectivity index (χ4n) is 7.14. The average Bonchev–Trinajstić information content (AvgIpc) is 2.72. The summed E-state index contributed by atoms with van der Waals surface area (Å²) < 4.78 is 0. The van der Waals surface area contributed by atoms with E-state index >= 15 is 0 Å². The zero-order valence-corrected chi connectivity index (χ0v) is 15.4. The summed E-state index contributed by atoms with van der Waals surface area (Å²) in [5.74, 6) is 3.12. The van der Waals surface area contributed by atoms with E-state index in [2.05, 4.69) is 13.8 Å². The molecule has 126 valence electrons. The lowest BCUT2D eigenvalue weighted by Gasteiger charge is -2.60. The predicted molar refractivity (Wildman–Crippen MR) is 92.4 cm³/mol. The SMILES string of the molecule is C[C@]12CC[C@H](O)CC1CCC1C2CC[C@@]2(C)C1C[C@@H](Cl)C2Cl. The summed E-state index contributed by atoms with van der Waals surface area (Å²) in [6, 6.07) is 0. The van der Waals surface area contributed by atoms with E-state index in [1.54, 1.807) is 0 Å². The molecule has 3 heteroatoms. The second-order valence-corrected chi connectivity index (χ2v) is 10.3. The van der Waals surface area contributed by atoms with Crippen LogP contribution in [0.4, 0.5) is 0 Å². The Balaban J connectivity index is 1.63. The van der Waals surface area contributed by atoms with Crippen molar-refractivity contribution in [2.45, 2.75) is 82.1 Å². The Morgan fingerprint density at radius 1 is 0.864 bits per heavy atom. The van der Waals surface area contributed by atoms with Crippen LogP contribution in [-0.4, -0.2) is 22.0 Å². The molecule has 4 aliphatic rings. The first-order chi connectivity index (χ1) is 10.4. The van der Waals surface area contributed by atoms with Gasteiger partial charge < -0.3 is 5.11 Å². The first-order valence-corrected chi connectivity index (χ1v) is 10.2. The number of rotatable bonds is 0. The van der Waals surface area contributed by atoms with E-state index in [1.165, 1.54) is 32.1 Å². The monoisotopic (exact) mass is 344 g/mol. The van der Waals surface area contributed by atoms with Gasteiger partial charge in [0.2, 0.25) is 0 Å². The maximum Gasteiger partial charge on any atom is 0.0556 e. The smallest absolute Gasteiger partial charge is 0.0556 e. The maximum absolute atomic E-state index is 10.1. The third-order valence-electron chi connectivity index (χ3n) is 8.50. The molecule has 4 saturated carbocycles. The van der Waals surface area contributed by atoms with Crippen molar-refractivity contribution in [1.29, 1.82) is 0 Å². The molecule has 0 aromatic carbocycles. The summed E-state index contributed by atoms with van der Waals surface area (Å²) in [5, 5.41) is 10.4. The van der Waals surface area contributed by atoms with Crippen LogP contribution in [0.15, 0.2) is 0 Å². The molecule has 0 aromatic rings. The molecule has 0 amide bonds. The normalized spacial score (nSPS) is 61.2. The number of hydrogen-bond donors (Lipinski definition) is 1. The van der Waals surface area contributed by atoms with Crippen molar-refractivity contribution in [2.75, 3.05) is 0 Å². The first-order valence-electron chi connectivity index (χ1n) is 9.32. The van der Waals surface area contributed by atoms with Crippen molar-refractivity contribution in [2.24, 2.45) is 34.5 Å². The molecule has 9 atom stereocenters. The van der Waals surface area contributed by atoms with Gasteiger partial charge in [0.05, 0.1) is 16.9 Å². The summed E-state index contributed by atoms with van der Waals surface area (Å²) in [4.78, 5) is 0. The third-order valence-corrected chi connectivity index (χ3v) is 9.86. The number of aliphatic hydroxyl groups excluding tert-OH is 1. The molecule has 0 radical (unpaired) electrons. The third kappa shape index (κ3) is 2.07. The highest BCUT2D eigenvalue weighted by Gasteiger charge is 2.61. The molecule has 0 aromatic heterocycles. The fourth-order valence-corrected chi connectivity index (χ4v) is 8.00. The Bertz CT molecular complexity index is 455. The zero-order chi connectivity index (χ0) is 15.7.